The molecule has 0 radical (unpaired) electrons. The molecular formula is C16H23N3O2. The first kappa shape index (κ1) is 14.2. The molecule has 0 unspecified atom stereocenters. The van der Waals surface area contributed by atoms with Crippen LogP contribution in [0.5, 0.6) is 5.75 Å². The number of rotatable bonds is 4. The normalized spacial score (nSPS) is 20.3. The molecule has 21 heavy (non-hydrogen) atoms. The van der Waals surface area contributed by atoms with Crippen molar-refractivity contribution < 1.29 is 9.53 Å². The molecule has 5 heteroatoms. The number of ether oxygens (including phenoxy) is 1. The number of benzene rings is 1. The second-order valence-corrected chi connectivity index (χ2v) is 5.96. The maximum absolute atomic E-state index is 12.5. The lowest BCUT2D eigenvalue weighted by atomic mass is 10.1. The Balaban J connectivity index is 1.58. The van der Waals surface area contributed by atoms with E-state index in [9.17, 15) is 4.79 Å². The van der Waals surface area contributed by atoms with Crippen molar-refractivity contribution >= 4 is 11.6 Å². The lowest BCUT2D eigenvalue weighted by Gasteiger charge is -2.37. The van der Waals surface area contributed by atoms with Gasteiger partial charge in [0.15, 0.2) is 0 Å². The van der Waals surface area contributed by atoms with E-state index in [0.29, 0.717) is 6.54 Å². The van der Waals surface area contributed by atoms with Crippen molar-refractivity contribution in [3.05, 3.63) is 24.3 Å². The van der Waals surface area contributed by atoms with Crippen LogP contribution in [0.15, 0.2) is 24.3 Å². The molecule has 1 saturated carbocycles. The monoisotopic (exact) mass is 289 g/mol. The van der Waals surface area contributed by atoms with Gasteiger partial charge in [0.2, 0.25) is 5.91 Å². The third-order valence-electron chi connectivity index (χ3n) is 4.70. The fourth-order valence-corrected chi connectivity index (χ4v) is 2.95. The summed E-state index contributed by atoms with van der Waals surface area (Å²) in [4.78, 5) is 16.7. The van der Waals surface area contributed by atoms with E-state index in [2.05, 4.69) is 17.0 Å². The molecule has 2 fully saturated rings. The van der Waals surface area contributed by atoms with Crippen LogP contribution in [0.1, 0.15) is 12.8 Å². The van der Waals surface area contributed by atoms with Crippen LogP contribution in [0.2, 0.25) is 0 Å². The molecule has 1 aliphatic carbocycles. The predicted octanol–water partition coefficient (Wildman–Crippen LogP) is 1.08. The number of methoxy groups -OCH3 is 1. The third kappa shape index (κ3) is 2.70. The van der Waals surface area contributed by atoms with Gasteiger partial charge in [0.05, 0.1) is 12.5 Å². The Morgan fingerprint density at radius 1 is 1.19 bits per heavy atom. The number of amides is 1. The van der Waals surface area contributed by atoms with Gasteiger partial charge in [-0.1, -0.05) is 0 Å². The van der Waals surface area contributed by atoms with E-state index >= 15 is 0 Å². The number of hydrogen-bond donors (Lipinski definition) is 1. The van der Waals surface area contributed by atoms with E-state index in [0.717, 1.165) is 44.8 Å². The smallest absolute Gasteiger partial charge is 0.230 e. The molecule has 1 saturated heterocycles. The molecule has 1 aromatic carbocycles. The van der Waals surface area contributed by atoms with E-state index in [1.165, 1.54) is 5.69 Å². The minimum Gasteiger partial charge on any atom is -0.497 e. The highest BCUT2D eigenvalue weighted by Crippen LogP contribution is 2.46. The largest absolute Gasteiger partial charge is 0.497 e. The van der Waals surface area contributed by atoms with Gasteiger partial charge in [-0.2, -0.15) is 0 Å². The highest BCUT2D eigenvalue weighted by Gasteiger charge is 2.50. The van der Waals surface area contributed by atoms with E-state index in [1.54, 1.807) is 7.11 Å². The number of carbonyl (C=O) groups is 1. The highest BCUT2D eigenvalue weighted by atomic mass is 16.5. The molecule has 0 atom stereocenters. The van der Waals surface area contributed by atoms with E-state index in [1.807, 2.05) is 17.0 Å². The number of nitrogens with zero attached hydrogens (tertiary/aromatic N) is 2. The van der Waals surface area contributed by atoms with Crippen molar-refractivity contribution in [3.63, 3.8) is 0 Å². The first-order valence-electron chi connectivity index (χ1n) is 7.57. The van der Waals surface area contributed by atoms with E-state index < -0.39 is 0 Å². The minimum atomic E-state index is -0.220. The number of nitrogens with two attached hydrogens (primary N) is 1. The van der Waals surface area contributed by atoms with Crippen molar-refractivity contribution in [2.24, 2.45) is 11.1 Å². The van der Waals surface area contributed by atoms with Crippen molar-refractivity contribution in [2.45, 2.75) is 12.8 Å². The lowest BCUT2D eigenvalue weighted by molar-refractivity contribution is -0.136. The summed E-state index contributed by atoms with van der Waals surface area (Å²) in [6.45, 7) is 3.81. The fraction of sp³-hybridized carbons (Fsp3) is 0.562. The van der Waals surface area contributed by atoms with Crippen LogP contribution < -0.4 is 15.4 Å². The average molecular weight is 289 g/mol. The highest BCUT2D eigenvalue weighted by molar-refractivity contribution is 5.86. The van der Waals surface area contributed by atoms with Crippen molar-refractivity contribution in [1.82, 2.24) is 4.90 Å². The molecule has 2 N–H and O–H groups in total. The topological polar surface area (TPSA) is 58.8 Å². The number of anilines is 1. The Labute approximate surface area is 125 Å². The number of carbonyl (C=O) groups excluding carboxylic acids is 1. The Kier molecular flexibility index (Phi) is 3.76. The van der Waals surface area contributed by atoms with Gasteiger partial charge in [-0.15, -0.1) is 0 Å². The van der Waals surface area contributed by atoms with E-state index in [4.69, 9.17) is 10.5 Å². The standard InChI is InChI=1S/C16H23N3O2/c1-21-14-4-2-13(3-5-14)18-8-10-19(11-9-18)15(20)16(12-17)6-7-16/h2-5H,6-12,17H2,1H3. The van der Waals surface area contributed by atoms with Crippen molar-refractivity contribution in [2.75, 3.05) is 44.7 Å². The number of piperazine rings is 1. The number of hydrogen-bond acceptors (Lipinski definition) is 4. The molecule has 0 spiro atoms. The maximum Gasteiger partial charge on any atom is 0.230 e. The van der Waals surface area contributed by atoms with Gasteiger partial charge in [0, 0.05) is 38.4 Å². The minimum absolute atomic E-state index is 0.220. The zero-order valence-corrected chi connectivity index (χ0v) is 12.5. The van der Waals surface area contributed by atoms with Gasteiger partial charge in [-0.25, -0.2) is 0 Å². The zero-order valence-electron chi connectivity index (χ0n) is 12.5. The second-order valence-electron chi connectivity index (χ2n) is 5.96. The summed E-state index contributed by atoms with van der Waals surface area (Å²) in [6, 6.07) is 8.08. The summed E-state index contributed by atoms with van der Waals surface area (Å²) in [5, 5.41) is 0. The summed E-state index contributed by atoms with van der Waals surface area (Å²) in [5.41, 5.74) is 6.72. The molecule has 1 aliphatic heterocycles. The summed E-state index contributed by atoms with van der Waals surface area (Å²) in [6.07, 6.45) is 1.92. The van der Waals surface area contributed by atoms with Crippen molar-refractivity contribution in [3.8, 4) is 5.75 Å². The van der Waals surface area contributed by atoms with Gasteiger partial charge >= 0.3 is 0 Å². The molecule has 0 aromatic heterocycles. The molecule has 1 heterocycles. The molecule has 5 nitrogen and oxygen atoms in total. The van der Waals surface area contributed by atoms with Gasteiger partial charge in [0.25, 0.3) is 0 Å². The van der Waals surface area contributed by atoms with Crippen LogP contribution in [-0.4, -0.2) is 50.6 Å². The van der Waals surface area contributed by atoms with Gasteiger partial charge in [-0.3, -0.25) is 4.79 Å². The van der Waals surface area contributed by atoms with Crippen LogP contribution in [0.25, 0.3) is 0 Å². The molecule has 1 amide bonds. The first-order valence-corrected chi connectivity index (χ1v) is 7.57. The van der Waals surface area contributed by atoms with Crippen LogP contribution in [-0.2, 0) is 4.79 Å². The Morgan fingerprint density at radius 3 is 2.29 bits per heavy atom. The molecular weight excluding hydrogens is 266 g/mol. The van der Waals surface area contributed by atoms with Crippen LogP contribution >= 0.6 is 0 Å². The first-order chi connectivity index (χ1) is 10.2. The molecule has 114 valence electrons. The molecule has 0 bridgehead atoms. The SMILES string of the molecule is COc1ccc(N2CCN(C(=O)C3(CN)CC3)CC2)cc1. The fourth-order valence-electron chi connectivity index (χ4n) is 2.95. The lowest BCUT2D eigenvalue weighted by Crippen LogP contribution is -2.51. The zero-order chi connectivity index (χ0) is 14.9. The Morgan fingerprint density at radius 2 is 1.81 bits per heavy atom. The molecule has 1 aromatic rings. The molecule has 2 aliphatic rings. The summed E-state index contributed by atoms with van der Waals surface area (Å²) < 4.78 is 5.18. The predicted molar refractivity (Wildman–Crippen MR) is 82.5 cm³/mol. The Bertz CT molecular complexity index is 503. The van der Waals surface area contributed by atoms with Gasteiger partial charge < -0.3 is 20.3 Å². The summed E-state index contributed by atoms with van der Waals surface area (Å²) >= 11 is 0. The van der Waals surface area contributed by atoms with Gasteiger partial charge in [-0.05, 0) is 37.1 Å². The summed E-state index contributed by atoms with van der Waals surface area (Å²) in [7, 11) is 1.67. The van der Waals surface area contributed by atoms with Crippen LogP contribution in [0, 0.1) is 5.41 Å². The summed E-state index contributed by atoms with van der Waals surface area (Å²) in [5.74, 6) is 1.13. The second kappa shape index (κ2) is 5.56. The Hall–Kier alpha value is -1.75. The van der Waals surface area contributed by atoms with E-state index in [-0.39, 0.29) is 11.3 Å². The average Bonchev–Trinajstić information content (AvgIpc) is 3.36. The third-order valence-corrected chi connectivity index (χ3v) is 4.70. The van der Waals surface area contributed by atoms with Crippen LogP contribution in [0.3, 0.4) is 0 Å². The van der Waals surface area contributed by atoms with Crippen LogP contribution in [0.4, 0.5) is 5.69 Å². The maximum atomic E-state index is 12.5. The van der Waals surface area contributed by atoms with Crippen molar-refractivity contribution in [1.29, 1.82) is 0 Å². The quantitative estimate of drug-likeness (QED) is 0.901. The van der Waals surface area contributed by atoms with Gasteiger partial charge in [0.1, 0.15) is 5.75 Å². The molecule has 3 rings (SSSR count).